The highest BCUT2D eigenvalue weighted by Gasteiger charge is 2.16. The number of para-hydroxylation sites is 1. The fourth-order valence-corrected chi connectivity index (χ4v) is 2.21. The van der Waals surface area contributed by atoms with Crippen LogP contribution in [0, 0.1) is 5.82 Å². The third-order valence-electron chi connectivity index (χ3n) is 3.27. The second-order valence-corrected chi connectivity index (χ2v) is 4.94. The van der Waals surface area contributed by atoms with Crippen LogP contribution >= 0.6 is 0 Å². The van der Waals surface area contributed by atoms with Gasteiger partial charge in [-0.3, -0.25) is 4.79 Å². The lowest BCUT2D eigenvalue weighted by Gasteiger charge is -2.23. The molecule has 0 unspecified atom stereocenters. The van der Waals surface area contributed by atoms with Crippen molar-refractivity contribution in [1.82, 2.24) is 4.90 Å². The van der Waals surface area contributed by atoms with Crippen LogP contribution in [0.15, 0.2) is 48.5 Å². The van der Waals surface area contributed by atoms with Gasteiger partial charge in [-0.25, -0.2) is 4.39 Å². The van der Waals surface area contributed by atoms with Gasteiger partial charge in [0.2, 0.25) is 0 Å². The fourth-order valence-electron chi connectivity index (χ4n) is 2.21. The molecule has 2 N–H and O–H groups in total. The number of rotatable bonds is 5. The van der Waals surface area contributed by atoms with Gasteiger partial charge in [0.1, 0.15) is 5.82 Å². The van der Waals surface area contributed by atoms with E-state index in [4.69, 9.17) is 5.73 Å². The Morgan fingerprint density at radius 3 is 2.62 bits per heavy atom. The molecule has 0 aliphatic rings. The molecule has 1 amide bonds. The number of halogens is 1. The highest BCUT2D eigenvalue weighted by atomic mass is 19.1. The maximum atomic E-state index is 13.3. The number of carbonyl (C=O) groups is 1. The normalized spacial score (nSPS) is 10.4. The second-order valence-electron chi connectivity index (χ2n) is 4.94. The quantitative estimate of drug-likeness (QED) is 0.856. The third kappa shape index (κ3) is 3.81. The third-order valence-corrected chi connectivity index (χ3v) is 3.27. The molecule has 0 spiro atoms. The molecular formula is C17H19FN2O. The summed E-state index contributed by atoms with van der Waals surface area (Å²) in [6, 6.07) is 13.2. The van der Waals surface area contributed by atoms with Gasteiger partial charge in [0, 0.05) is 24.3 Å². The monoisotopic (exact) mass is 286 g/mol. The van der Waals surface area contributed by atoms with Crippen molar-refractivity contribution in [2.45, 2.75) is 19.9 Å². The molecule has 0 aromatic heterocycles. The highest BCUT2D eigenvalue weighted by Crippen LogP contribution is 2.16. The van der Waals surface area contributed by atoms with Crippen LogP contribution in [0.25, 0.3) is 0 Å². The van der Waals surface area contributed by atoms with Crippen LogP contribution in [0.5, 0.6) is 0 Å². The minimum Gasteiger partial charge on any atom is -0.398 e. The first kappa shape index (κ1) is 15.0. The van der Waals surface area contributed by atoms with Gasteiger partial charge in [-0.2, -0.15) is 0 Å². The summed E-state index contributed by atoms with van der Waals surface area (Å²) >= 11 is 0. The van der Waals surface area contributed by atoms with E-state index in [1.807, 2.05) is 31.2 Å². The maximum absolute atomic E-state index is 13.3. The zero-order valence-corrected chi connectivity index (χ0v) is 12.1. The molecule has 3 nitrogen and oxygen atoms in total. The van der Waals surface area contributed by atoms with Gasteiger partial charge in [-0.05, 0) is 36.2 Å². The largest absolute Gasteiger partial charge is 0.398 e. The first-order valence-corrected chi connectivity index (χ1v) is 7.00. The Labute approximate surface area is 124 Å². The first-order chi connectivity index (χ1) is 10.1. The molecule has 2 rings (SSSR count). The Hall–Kier alpha value is -2.36. The Morgan fingerprint density at radius 1 is 1.19 bits per heavy atom. The molecule has 0 bridgehead atoms. The van der Waals surface area contributed by atoms with Gasteiger partial charge in [0.05, 0.1) is 0 Å². The van der Waals surface area contributed by atoms with Crippen LogP contribution < -0.4 is 5.73 Å². The van der Waals surface area contributed by atoms with E-state index in [1.165, 1.54) is 12.1 Å². The van der Waals surface area contributed by atoms with Crippen molar-refractivity contribution in [2.75, 3.05) is 12.3 Å². The zero-order valence-electron chi connectivity index (χ0n) is 12.1. The number of hydrogen-bond acceptors (Lipinski definition) is 2. The standard InChI is InChI=1S/C17H19FN2O/c1-2-10-20(12-14-6-3-4-9-16(14)19)17(21)13-7-5-8-15(18)11-13/h3-9,11H,2,10,12,19H2,1H3. The molecule has 2 aromatic carbocycles. The molecule has 4 heteroatoms. The summed E-state index contributed by atoms with van der Waals surface area (Å²) in [6.07, 6.45) is 0.827. The predicted octanol–water partition coefficient (Wildman–Crippen LogP) is 3.46. The smallest absolute Gasteiger partial charge is 0.254 e. The SMILES string of the molecule is CCCN(Cc1ccccc1N)C(=O)c1cccc(F)c1. The number of nitrogen functional groups attached to an aromatic ring is 1. The molecule has 0 aliphatic heterocycles. The van der Waals surface area contributed by atoms with Gasteiger partial charge in [0.15, 0.2) is 0 Å². The van der Waals surface area contributed by atoms with Crippen molar-refractivity contribution < 1.29 is 9.18 Å². The van der Waals surface area contributed by atoms with Crippen molar-refractivity contribution in [1.29, 1.82) is 0 Å². The van der Waals surface area contributed by atoms with Gasteiger partial charge >= 0.3 is 0 Å². The molecule has 21 heavy (non-hydrogen) atoms. The van der Waals surface area contributed by atoms with Crippen LogP contribution in [0.3, 0.4) is 0 Å². The van der Waals surface area contributed by atoms with E-state index in [-0.39, 0.29) is 5.91 Å². The van der Waals surface area contributed by atoms with Gasteiger partial charge in [0.25, 0.3) is 5.91 Å². The van der Waals surface area contributed by atoms with Crippen molar-refractivity contribution >= 4 is 11.6 Å². The van der Waals surface area contributed by atoms with Crippen molar-refractivity contribution in [2.24, 2.45) is 0 Å². The Morgan fingerprint density at radius 2 is 1.95 bits per heavy atom. The summed E-state index contributed by atoms with van der Waals surface area (Å²) in [5.74, 6) is -0.587. The Bertz CT molecular complexity index is 628. The molecule has 0 saturated carbocycles. The summed E-state index contributed by atoms with van der Waals surface area (Å²) in [5.41, 5.74) is 7.85. The van der Waals surface area contributed by atoms with Gasteiger partial charge < -0.3 is 10.6 Å². The van der Waals surface area contributed by atoms with Gasteiger partial charge in [-0.15, -0.1) is 0 Å². The predicted molar refractivity (Wildman–Crippen MR) is 82.3 cm³/mol. The van der Waals surface area contributed by atoms with E-state index in [0.717, 1.165) is 12.0 Å². The maximum Gasteiger partial charge on any atom is 0.254 e. The molecule has 0 heterocycles. The van der Waals surface area contributed by atoms with Crippen molar-refractivity contribution in [3.8, 4) is 0 Å². The average molecular weight is 286 g/mol. The molecule has 0 fully saturated rings. The molecule has 0 aliphatic carbocycles. The second kappa shape index (κ2) is 6.88. The van der Waals surface area contributed by atoms with Crippen LogP contribution in [0.2, 0.25) is 0 Å². The highest BCUT2D eigenvalue weighted by molar-refractivity contribution is 5.94. The average Bonchev–Trinajstić information content (AvgIpc) is 2.48. The molecule has 2 aromatic rings. The number of benzene rings is 2. The van der Waals surface area contributed by atoms with Gasteiger partial charge in [-0.1, -0.05) is 31.2 Å². The number of carbonyl (C=O) groups excluding carboxylic acids is 1. The lowest BCUT2D eigenvalue weighted by Crippen LogP contribution is -2.31. The lowest BCUT2D eigenvalue weighted by atomic mass is 10.1. The van der Waals surface area contributed by atoms with E-state index >= 15 is 0 Å². The van der Waals surface area contributed by atoms with E-state index in [2.05, 4.69) is 0 Å². The molecule has 0 radical (unpaired) electrons. The fraction of sp³-hybridized carbons (Fsp3) is 0.235. The number of nitrogens with zero attached hydrogens (tertiary/aromatic N) is 1. The van der Waals surface area contributed by atoms with Crippen LogP contribution in [-0.2, 0) is 6.54 Å². The Kier molecular flexibility index (Phi) is 4.93. The summed E-state index contributed by atoms with van der Waals surface area (Å²) in [5, 5.41) is 0. The lowest BCUT2D eigenvalue weighted by molar-refractivity contribution is 0.0743. The first-order valence-electron chi connectivity index (χ1n) is 7.00. The van der Waals surface area contributed by atoms with Crippen LogP contribution in [0.4, 0.5) is 10.1 Å². The number of hydrogen-bond donors (Lipinski definition) is 1. The minimum absolute atomic E-state index is 0.181. The summed E-state index contributed by atoms with van der Waals surface area (Å²) < 4.78 is 13.3. The van der Waals surface area contributed by atoms with E-state index in [0.29, 0.717) is 24.3 Å². The number of amides is 1. The van der Waals surface area contributed by atoms with E-state index in [1.54, 1.807) is 17.0 Å². The van der Waals surface area contributed by atoms with Crippen molar-refractivity contribution in [3.05, 3.63) is 65.5 Å². The van der Waals surface area contributed by atoms with E-state index < -0.39 is 5.82 Å². The minimum atomic E-state index is -0.406. The molecule has 0 atom stereocenters. The Balaban J connectivity index is 2.22. The van der Waals surface area contributed by atoms with Crippen molar-refractivity contribution in [3.63, 3.8) is 0 Å². The molecular weight excluding hydrogens is 267 g/mol. The topological polar surface area (TPSA) is 46.3 Å². The molecule has 110 valence electrons. The zero-order chi connectivity index (χ0) is 15.2. The molecule has 0 saturated heterocycles. The van der Waals surface area contributed by atoms with E-state index in [9.17, 15) is 9.18 Å². The number of nitrogens with two attached hydrogens (primary N) is 1. The summed E-state index contributed by atoms with van der Waals surface area (Å²) in [6.45, 7) is 3.03. The van der Waals surface area contributed by atoms with Crippen LogP contribution in [0.1, 0.15) is 29.3 Å². The summed E-state index contributed by atoms with van der Waals surface area (Å²) in [4.78, 5) is 14.2. The van der Waals surface area contributed by atoms with Crippen LogP contribution in [-0.4, -0.2) is 17.4 Å². The number of anilines is 1. The summed E-state index contributed by atoms with van der Waals surface area (Å²) in [7, 11) is 0.